The quantitative estimate of drug-likeness (QED) is 0.704. The Balaban J connectivity index is 3.95. The number of hydrogen-bond acceptors (Lipinski definition) is 3. The summed E-state index contributed by atoms with van der Waals surface area (Å²) in [5.41, 5.74) is -0.541. The van der Waals surface area contributed by atoms with Gasteiger partial charge >= 0.3 is 6.09 Å². The van der Waals surface area contributed by atoms with Crippen LogP contribution in [-0.2, 0) is 4.74 Å². The van der Waals surface area contributed by atoms with Gasteiger partial charge < -0.3 is 15.2 Å². The Labute approximate surface area is 80.7 Å². The highest BCUT2D eigenvalue weighted by atomic mass is 16.6. The predicted molar refractivity (Wildman–Crippen MR) is 50.5 cm³/mol. The van der Waals surface area contributed by atoms with Crippen molar-refractivity contribution >= 4 is 6.09 Å². The lowest BCUT2D eigenvalue weighted by Crippen LogP contribution is -2.38. The first-order valence-electron chi connectivity index (χ1n) is 4.86. The van der Waals surface area contributed by atoms with Crippen molar-refractivity contribution in [2.24, 2.45) is 0 Å². The van der Waals surface area contributed by atoms with Crippen molar-refractivity contribution in [3.05, 3.63) is 0 Å². The van der Waals surface area contributed by atoms with Crippen LogP contribution in [0.4, 0.5) is 4.79 Å². The van der Waals surface area contributed by atoms with Crippen molar-refractivity contribution in [3.8, 4) is 0 Å². The maximum Gasteiger partial charge on any atom is 0.407 e. The maximum atomic E-state index is 11.2. The molecule has 0 spiro atoms. The van der Waals surface area contributed by atoms with E-state index in [1.165, 1.54) is 0 Å². The molecule has 13 heavy (non-hydrogen) atoms. The van der Waals surface area contributed by atoms with E-state index in [1.807, 2.05) is 0 Å². The van der Waals surface area contributed by atoms with Crippen LogP contribution in [0.1, 0.15) is 35.5 Å². The molecule has 0 aliphatic heterocycles. The van der Waals surface area contributed by atoms with Gasteiger partial charge in [-0.2, -0.15) is 0 Å². The number of carbonyl (C=O) groups is 1. The number of rotatable bonds is 3. The maximum absolute atomic E-state index is 11.2. The van der Waals surface area contributed by atoms with Crippen molar-refractivity contribution in [3.63, 3.8) is 0 Å². The standard InChI is InChI=1S/C9H19NO3/c1-7(5-6-11)10-8(12)13-9(2,3)4/h7,11H,5-6H2,1-4H3,(H,10,12)/t7-/m1/s1/i5D/t5-,7-. The Morgan fingerprint density at radius 3 is 2.62 bits per heavy atom. The zero-order valence-corrected chi connectivity index (χ0v) is 8.63. The lowest BCUT2D eigenvalue weighted by Gasteiger charge is -2.21. The minimum absolute atomic E-state index is 0.281. The number of carbonyl (C=O) groups excluding carboxylic acids is 1. The number of amides is 1. The lowest BCUT2D eigenvalue weighted by molar-refractivity contribution is 0.0502. The third kappa shape index (κ3) is 7.59. The minimum atomic E-state index is -0.720. The van der Waals surface area contributed by atoms with Gasteiger partial charge in [0.1, 0.15) is 5.60 Å². The first kappa shape index (κ1) is 10.3. The van der Waals surface area contributed by atoms with Crippen LogP contribution in [0.3, 0.4) is 0 Å². The van der Waals surface area contributed by atoms with E-state index >= 15 is 0 Å². The van der Waals surface area contributed by atoms with Crippen LogP contribution in [0.2, 0.25) is 0 Å². The first-order valence-corrected chi connectivity index (χ1v) is 4.29. The molecule has 0 aromatic heterocycles. The third-order valence-electron chi connectivity index (χ3n) is 1.20. The van der Waals surface area contributed by atoms with Crippen LogP contribution in [0.25, 0.3) is 0 Å². The monoisotopic (exact) mass is 190 g/mol. The van der Waals surface area contributed by atoms with Crippen molar-refractivity contribution in [1.29, 1.82) is 0 Å². The van der Waals surface area contributed by atoms with Gasteiger partial charge in [0.15, 0.2) is 0 Å². The summed E-state index contributed by atoms with van der Waals surface area (Å²) in [6.45, 7) is 6.67. The van der Waals surface area contributed by atoms with Crippen LogP contribution < -0.4 is 5.32 Å². The number of ether oxygens (including phenoxy) is 1. The van der Waals surface area contributed by atoms with Gasteiger partial charge in [0, 0.05) is 14.0 Å². The fourth-order valence-corrected chi connectivity index (χ4v) is 0.710. The van der Waals surface area contributed by atoms with Crippen LogP contribution in [0.15, 0.2) is 0 Å². The fourth-order valence-electron chi connectivity index (χ4n) is 0.710. The number of hydrogen-bond donors (Lipinski definition) is 2. The van der Waals surface area contributed by atoms with Gasteiger partial charge in [-0.3, -0.25) is 0 Å². The highest BCUT2D eigenvalue weighted by molar-refractivity contribution is 5.67. The number of aliphatic hydroxyl groups excluding tert-OH is 1. The summed E-state index contributed by atoms with van der Waals surface area (Å²) in [6, 6.07) is -0.421. The fraction of sp³-hybridized carbons (Fsp3) is 0.889. The topological polar surface area (TPSA) is 58.6 Å². The normalized spacial score (nSPS) is 17.2. The summed E-state index contributed by atoms with van der Waals surface area (Å²) >= 11 is 0. The molecule has 0 aromatic rings. The summed E-state index contributed by atoms with van der Waals surface area (Å²) in [7, 11) is 0. The lowest BCUT2D eigenvalue weighted by atomic mass is 10.2. The minimum Gasteiger partial charge on any atom is -0.444 e. The van der Waals surface area contributed by atoms with Gasteiger partial charge in [0.25, 0.3) is 0 Å². The third-order valence-corrected chi connectivity index (χ3v) is 1.20. The average molecular weight is 190 g/mol. The molecule has 0 saturated carbocycles. The summed E-state index contributed by atoms with van der Waals surface area (Å²) < 4.78 is 12.3. The molecular weight excluding hydrogens is 170 g/mol. The van der Waals surface area contributed by atoms with Gasteiger partial charge in [0.05, 0.1) is 0 Å². The predicted octanol–water partition coefficient (Wildman–Crippen LogP) is 1.28. The van der Waals surface area contributed by atoms with E-state index in [-0.39, 0.29) is 6.61 Å². The Morgan fingerprint density at radius 2 is 2.23 bits per heavy atom. The first-order chi connectivity index (χ1) is 6.26. The van der Waals surface area contributed by atoms with Crippen molar-refractivity contribution in [2.75, 3.05) is 6.61 Å². The summed E-state index contributed by atoms with van der Waals surface area (Å²) in [6.07, 6.45) is -1.28. The molecule has 4 nitrogen and oxygen atoms in total. The molecule has 0 fully saturated rings. The van der Waals surface area contributed by atoms with Crippen molar-refractivity contribution in [1.82, 2.24) is 5.32 Å². The highest BCUT2D eigenvalue weighted by Crippen LogP contribution is 2.06. The molecule has 2 atom stereocenters. The van der Waals surface area contributed by atoms with Crippen molar-refractivity contribution < 1.29 is 16.0 Å². The number of alkyl carbamates (subject to hydrolysis) is 1. The Bertz CT molecular complexity index is 191. The molecule has 2 N–H and O–H groups in total. The number of aliphatic hydroxyl groups is 1. The van der Waals surface area contributed by atoms with Crippen LogP contribution in [0.5, 0.6) is 0 Å². The van der Waals surface area contributed by atoms with E-state index < -0.39 is 24.1 Å². The van der Waals surface area contributed by atoms with Gasteiger partial charge in [-0.15, -0.1) is 0 Å². The average Bonchev–Trinajstić information content (AvgIpc) is 1.99. The molecule has 0 bridgehead atoms. The van der Waals surface area contributed by atoms with Crippen LogP contribution in [-0.4, -0.2) is 29.4 Å². The molecule has 0 aliphatic carbocycles. The van der Waals surface area contributed by atoms with Crippen LogP contribution >= 0.6 is 0 Å². The molecule has 0 saturated heterocycles. The highest BCUT2D eigenvalue weighted by Gasteiger charge is 2.17. The smallest absolute Gasteiger partial charge is 0.407 e. The van der Waals surface area contributed by atoms with Crippen molar-refractivity contribution in [2.45, 2.75) is 45.7 Å². The molecular formula is C9H19NO3. The second-order valence-electron chi connectivity index (χ2n) is 3.85. The molecule has 1 amide bonds. The second kappa shape index (κ2) is 5.07. The van der Waals surface area contributed by atoms with Gasteiger partial charge in [0.2, 0.25) is 0 Å². The molecule has 0 heterocycles. The van der Waals surface area contributed by atoms with E-state index in [4.69, 9.17) is 11.2 Å². The zero-order valence-electron chi connectivity index (χ0n) is 9.63. The van der Waals surface area contributed by atoms with E-state index in [0.717, 1.165) is 0 Å². The largest absolute Gasteiger partial charge is 0.444 e. The van der Waals surface area contributed by atoms with E-state index in [0.29, 0.717) is 0 Å². The molecule has 0 aromatic carbocycles. The van der Waals surface area contributed by atoms with E-state index in [1.54, 1.807) is 27.7 Å². The SMILES string of the molecule is [2H][C@H](CO)[C@@H](C)NC(=O)OC(C)(C)C. The summed E-state index contributed by atoms with van der Waals surface area (Å²) in [5.74, 6) is 0. The Hall–Kier alpha value is -0.770. The van der Waals surface area contributed by atoms with E-state index in [9.17, 15) is 4.79 Å². The Morgan fingerprint density at radius 1 is 1.69 bits per heavy atom. The van der Waals surface area contributed by atoms with E-state index in [2.05, 4.69) is 5.32 Å². The molecule has 0 radical (unpaired) electrons. The van der Waals surface area contributed by atoms with Gasteiger partial charge in [-0.1, -0.05) is 0 Å². The van der Waals surface area contributed by atoms with Gasteiger partial charge in [-0.25, -0.2) is 4.79 Å². The number of nitrogens with one attached hydrogen (secondary N) is 1. The zero-order chi connectivity index (χ0) is 11.4. The molecule has 0 aliphatic rings. The molecule has 4 heteroatoms. The summed E-state index contributed by atoms with van der Waals surface area (Å²) in [5, 5.41) is 11.1. The van der Waals surface area contributed by atoms with Crippen LogP contribution in [0, 0.1) is 0 Å². The Kier molecular flexibility index (Phi) is 4.02. The second-order valence-corrected chi connectivity index (χ2v) is 3.85. The molecule has 0 rings (SSSR count). The molecule has 0 unspecified atom stereocenters. The molecule has 78 valence electrons. The van der Waals surface area contributed by atoms with Gasteiger partial charge in [-0.05, 0) is 34.1 Å². The summed E-state index contributed by atoms with van der Waals surface area (Å²) in [4.78, 5) is 11.2.